The molecule has 3 nitrogen and oxygen atoms in total. The van der Waals surface area contributed by atoms with Crippen LogP contribution in [0, 0.1) is 0 Å². The Morgan fingerprint density at radius 1 is 1.24 bits per heavy atom. The first-order valence-corrected chi connectivity index (χ1v) is 8.51. The van der Waals surface area contributed by atoms with Crippen LogP contribution >= 0.6 is 15.9 Å². The molecule has 21 heavy (non-hydrogen) atoms. The van der Waals surface area contributed by atoms with Crippen LogP contribution in [0.15, 0.2) is 16.6 Å². The molecule has 1 aliphatic rings. The van der Waals surface area contributed by atoms with Crippen molar-refractivity contribution in [1.82, 2.24) is 10.2 Å². The highest BCUT2D eigenvalue weighted by Gasteiger charge is 2.19. The van der Waals surface area contributed by atoms with E-state index in [1.807, 2.05) is 0 Å². The van der Waals surface area contributed by atoms with Gasteiger partial charge in [-0.1, -0.05) is 26.8 Å². The maximum absolute atomic E-state index is 5.61. The average molecular weight is 355 g/mol. The van der Waals surface area contributed by atoms with Crippen molar-refractivity contribution >= 4 is 15.9 Å². The molecule has 1 aromatic rings. The lowest BCUT2D eigenvalue weighted by Gasteiger charge is -2.28. The number of methoxy groups -OCH3 is 1. The molecule has 2 rings (SSSR count). The first-order chi connectivity index (χ1) is 9.91. The lowest BCUT2D eigenvalue weighted by atomic mass is 9.85. The van der Waals surface area contributed by atoms with E-state index in [4.69, 9.17) is 4.74 Å². The molecule has 1 heterocycles. The smallest absolute Gasteiger partial charge is 0.136 e. The Balaban J connectivity index is 2.17. The number of ether oxygens (including phenoxy) is 1. The number of piperazine rings is 1. The molecule has 4 heteroatoms. The van der Waals surface area contributed by atoms with Gasteiger partial charge in [0.05, 0.1) is 11.6 Å². The number of nitrogens with zero attached hydrogens (tertiary/aromatic N) is 1. The fourth-order valence-corrected chi connectivity index (χ4v) is 3.37. The Hall–Kier alpha value is -0.580. The van der Waals surface area contributed by atoms with Gasteiger partial charge in [0.1, 0.15) is 5.75 Å². The molecule has 1 saturated heterocycles. The average Bonchev–Trinajstić information content (AvgIpc) is 2.44. The van der Waals surface area contributed by atoms with Crippen molar-refractivity contribution in [2.75, 3.05) is 39.8 Å². The molecule has 0 aromatic heterocycles. The molecule has 0 atom stereocenters. The highest BCUT2D eigenvalue weighted by atomic mass is 79.9. The molecule has 0 saturated carbocycles. The molecule has 0 bridgehead atoms. The lowest BCUT2D eigenvalue weighted by molar-refractivity contribution is 0.243. The molecule has 0 aliphatic carbocycles. The second kappa shape index (κ2) is 7.12. The van der Waals surface area contributed by atoms with Crippen LogP contribution in [-0.4, -0.2) is 44.7 Å². The Labute approximate surface area is 137 Å². The van der Waals surface area contributed by atoms with Gasteiger partial charge in [-0.3, -0.25) is 0 Å². The molecular formula is C17H27BrN2O. The van der Waals surface area contributed by atoms with Gasteiger partial charge in [0.25, 0.3) is 0 Å². The third kappa shape index (κ3) is 4.44. The van der Waals surface area contributed by atoms with E-state index in [0.29, 0.717) is 0 Å². The van der Waals surface area contributed by atoms with E-state index in [0.717, 1.165) is 49.4 Å². The predicted molar refractivity (Wildman–Crippen MR) is 92.4 cm³/mol. The van der Waals surface area contributed by atoms with E-state index in [2.05, 4.69) is 59.1 Å². The predicted octanol–water partition coefficient (Wildman–Crippen LogP) is 3.20. The summed E-state index contributed by atoms with van der Waals surface area (Å²) in [5.74, 6) is 0.984. The number of nitrogens with one attached hydrogen (secondary N) is 1. The van der Waals surface area contributed by atoms with Gasteiger partial charge in [-0.2, -0.15) is 0 Å². The first-order valence-electron chi connectivity index (χ1n) is 7.72. The maximum Gasteiger partial charge on any atom is 0.136 e. The molecule has 1 N–H and O–H groups in total. The quantitative estimate of drug-likeness (QED) is 0.898. The van der Waals surface area contributed by atoms with Gasteiger partial charge in [-0.15, -0.1) is 0 Å². The molecular weight excluding hydrogens is 328 g/mol. The third-order valence-electron chi connectivity index (χ3n) is 4.10. The van der Waals surface area contributed by atoms with Gasteiger partial charge in [0, 0.05) is 32.7 Å². The van der Waals surface area contributed by atoms with Gasteiger partial charge in [0.15, 0.2) is 0 Å². The van der Waals surface area contributed by atoms with Crippen molar-refractivity contribution in [3.05, 3.63) is 27.7 Å². The second-order valence-corrected chi connectivity index (χ2v) is 7.60. The highest BCUT2D eigenvalue weighted by Crippen LogP contribution is 2.35. The summed E-state index contributed by atoms with van der Waals surface area (Å²) >= 11 is 3.67. The molecule has 0 radical (unpaired) electrons. The minimum Gasteiger partial charge on any atom is -0.495 e. The highest BCUT2D eigenvalue weighted by molar-refractivity contribution is 9.10. The molecule has 118 valence electrons. The maximum atomic E-state index is 5.61. The Kier molecular flexibility index (Phi) is 5.69. The van der Waals surface area contributed by atoms with Crippen molar-refractivity contribution < 1.29 is 4.74 Å². The second-order valence-electron chi connectivity index (χ2n) is 6.74. The van der Waals surface area contributed by atoms with Crippen LogP contribution in [0.4, 0.5) is 0 Å². The van der Waals surface area contributed by atoms with Gasteiger partial charge < -0.3 is 15.0 Å². The normalized spacial score (nSPS) is 17.0. The summed E-state index contributed by atoms with van der Waals surface area (Å²) in [7, 11) is 1.76. The van der Waals surface area contributed by atoms with Crippen molar-refractivity contribution in [2.45, 2.75) is 32.6 Å². The molecule has 0 amide bonds. The summed E-state index contributed by atoms with van der Waals surface area (Å²) in [6.45, 7) is 12.3. The molecule has 0 spiro atoms. The number of hydrogen-bond acceptors (Lipinski definition) is 3. The van der Waals surface area contributed by atoms with Crippen molar-refractivity contribution in [3.8, 4) is 5.75 Å². The zero-order chi connectivity index (χ0) is 15.5. The molecule has 0 unspecified atom stereocenters. The van der Waals surface area contributed by atoms with Crippen molar-refractivity contribution in [1.29, 1.82) is 0 Å². The largest absolute Gasteiger partial charge is 0.495 e. The van der Waals surface area contributed by atoms with Crippen molar-refractivity contribution in [2.24, 2.45) is 0 Å². The van der Waals surface area contributed by atoms with Crippen LogP contribution in [-0.2, 0) is 11.8 Å². The van der Waals surface area contributed by atoms with Gasteiger partial charge in [-0.25, -0.2) is 0 Å². The monoisotopic (exact) mass is 354 g/mol. The fourth-order valence-electron chi connectivity index (χ4n) is 2.71. The topological polar surface area (TPSA) is 24.5 Å². The summed E-state index contributed by atoms with van der Waals surface area (Å²) in [6.07, 6.45) is 1.03. The molecule has 1 aliphatic heterocycles. The van der Waals surface area contributed by atoms with E-state index in [-0.39, 0.29) is 5.41 Å². The number of rotatable bonds is 4. The van der Waals surface area contributed by atoms with E-state index in [1.165, 1.54) is 11.1 Å². The van der Waals surface area contributed by atoms with Gasteiger partial charge >= 0.3 is 0 Å². The SMILES string of the molecule is COc1c(Br)cc(C(C)(C)C)cc1CCN1CCNCC1. The van der Waals surface area contributed by atoms with Crippen LogP contribution in [0.3, 0.4) is 0 Å². The molecule has 1 fully saturated rings. The summed E-state index contributed by atoms with van der Waals surface area (Å²) in [4.78, 5) is 2.52. The van der Waals surface area contributed by atoms with Crippen LogP contribution < -0.4 is 10.1 Å². The minimum absolute atomic E-state index is 0.151. The lowest BCUT2D eigenvalue weighted by Crippen LogP contribution is -2.44. The summed E-state index contributed by atoms with van der Waals surface area (Å²) in [5.41, 5.74) is 2.80. The van der Waals surface area contributed by atoms with Crippen molar-refractivity contribution in [3.63, 3.8) is 0 Å². The van der Waals surface area contributed by atoms with Gasteiger partial charge in [0.2, 0.25) is 0 Å². The van der Waals surface area contributed by atoms with Crippen LogP contribution in [0.2, 0.25) is 0 Å². The molecule has 1 aromatic carbocycles. The zero-order valence-electron chi connectivity index (χ0n) is 13.6. The zero-order valence-corrected chi connectivity index (χ0v) is 15.2. The summed E-state index contributed by atoms with van der Waals surface area (Å²) < 4.78 is 6.67. The van der Waals surface area contributed by atoms with Gasteiger partial charge in [-0.05, 0) is 45.0 Å². The van der Waals surface area contributed by atoms with E-state index >= 15 is 0 Å². The Morgan fingerprint density at radius 3 is 2.48 bits per heavy atom. The Bertz CT molecular complexity index is 476. The van der Waals surface area contributed by atoms with E-state index in [9.17, 15) is 0 Å². The number of benzene rings is 1. The number of hydrogen-bond donors (Lipinski definition) is 1. The Morgan fingerprint density at radius 2 is 1.90 bits per heavy atom. The first kappa shape index (κ1) is 16.8. The summed E-state index contributed by atoms with van der Waals surface area (Å²) in [5, 5.41) is 3.40. The third-order valence-corrected chi connectivity index (χ3v) is 4.69. The standard InChI is InChI=1S/C17H27BrN2O/c1-17(2,3)14-11-13(16(21-4)15(18)12-14)5-8-20-9-6-19-7-10-20/h11-12,19H,5-10H2,1-4H3. The minimum atomic E-state index is 0.151. The van der Waals surface area contributed by atoms with Crippen LogP contribution in [0.25, 0.3) is 0 Å². The van der Waals surface area contributed by atoms with Crippen LogP contribution in [0.5, 0.6) is 5.75 Å². The fraction of sp³-hybridized carbons (Fsp3) is 0.647. The summed E-state index contributed by atoms with van der Waals surface area (Å²) in [6, 6.07) is 4.50. The van der Waals surface area contributed by atoms with E-state index < -0.39 is 0 Å². The van der Waals surface area contributed by atoms with E-state index in [1.54, 1.807) is 7.11 Å². The van der Waals surface area contributed by atoms with Crippen LogP contribution in [0.1, 0.15) is 31.9 Å². The number of halogens is 1.